The van der Waals surface area contributed by atoms with Crippen molar-refractivity contribution in [3.63, 3.8) is 0 Å². The molecule has 2 rings (SSSR count). The highest BCUT2D eigenvalue weighted by atomic mass is 32.1. The minimum Gasteiger partial charge on any atom is -0.465 e. The van der Waals surface area contributed by atoms with Crippen molar-refractivity contribution in [3.8, 4) is 0 Å². The Balaban J connectivity index is 2.50. The molecule has 1 aromatic rings. The molecule has 206 valence electrons. The van der Waals surface area contributed by atoms with E-state index in [1.807, 2.05) is 6.92 Å². The molecule has 1 N–H and O–H groups in total. The van der Waals surface area contributed by atoms with E-state index < -0.39 is 58.5 Å². The zero-order chi connectivity index (χ0) is 28.1. The average Bonchev–Trinajstić information content (AvgIpc) is 3.14. The summed E-state index contributed by atoms with van der Waals surface area (Å²) in [4.78, 5) is 24.4. The lowest BCUT2D eigenvalue weighted by molar-refractivity contribution is -0.406. The van der Waals surface area contributed by atoms with Gasteiger partial charge in [-0.2, -0.15) is 43.9 Å². The Bertz CT molecular complexity index is 1010. The lowest BCUT2D eigenvalue weighted by atomic mass is 9.85. The highest BCUT2D eigenvalue weighted by molar-refractivity contribution is 7.17. The van der Waals surface area contributed by atoms with E-state index in [0.29, 0.717) is 29.1 Å². The standard InChI is InChI=1S/C19H17F12NO3S/c1-3-7-4-5-8-9(6-7)36-11(10(8)12(33)35-2)32-14(34)16(24,25)18(28,29)19(30,31)17(26,27)15(22,23)13(20)21/h7,13H,3-6H2,1-2H3,(H,32,34). The summed E-state index contributed by atoms with van der Waals surface area (Å²) in [5.74, 6) is -41.7. The number of alkyl halides is 12. The lowest BCUT2D eigenvalue weighted by Gasteiger charge is -2.38. The Morgan fingerprint density at radius 3 is 2.03 bits per heavy atom. The van der Waals surface area contributed by atoms with E-state index in [-0.39, 0.29) is 24.3 Å². The fourth-order valence-electron chi connectivity index (χ4n) is 3.47. The zero-order valence-corrected chi connectivity index (χ0v) is 19.0. The van der Waals surface area contributed by atoms with Crippen LogP contribution < -0.4 is 5.32 Å². The van der Waals surface area contributed by atoms with Crippen LogP contribution in [0.4, 0.5) is 57.7 Å². The first kappa shape index (κ1) is 30.0. The molecular formula is C19H17F12NO3S. The van der Waals surface area contributed by atoms with Gasteiger partial charge in [0.05, 0.1) is 12.7 Å². The monoisotopic (exact) mass is 567 g/mol. The van der Waals surface area contributed by atoms with Gasteiger partial charge in [-0.05, 0) is 30.7 Å². The summed E-state index contributed by atoms with van der Waals surface area (Å²) in [7, 11) is 0.838. The Morgan fingerprint density at radius 1 is 1.00 bits per heavy atom. The van der Waals surface area contributed by atoms with Gasteiger partial charge in [0, 0.05) is 4.88 Å². The summed E-state index contributed by atoms with van der Waals surface area (Å²) in [6.45, 7) is 1.81. The van der Waals surface area contributed by atoms with Gasteiger partial charge in [-0.3, -0.25) is 4.79 Å². The number of ether oxygens (including phenoxy) is 1. The maximum Gasteiger partial charge on any atom is 0.393 e. The number of halogens is 12. The summed E-state index contributed by atoms with van der Waals surface area (Å²) in [6, 6.07) is 0. The van der Waals surface area contributed by atoms with Gasteiger partial charge in [0.25, 0.3) is 0 Å². The molecule has 1 aromatic heterocycles. The molecule has 1 heterocycles. The Morgan fingerprint density at radius 2 is 1.56 bits per heavy atom. The molecule has 0 bridgehead atoms. The molecule has 1 unspecified atom stereocenters. The van der Waals surface area contributed by atoms with E-state index >= 15 is 0 Å². The normalized spacial score (nSPS) is 17.7. The second kappa shape index (κ2) is 9.59. The van der Waals surface area contributed by atoms with E-state index in [4.69, 9.17) is 0 Å². The number of nitrogens with one attached hydrogen (secondary N) is 1. The number of carbonyl (C=O) groups excluding carboxylic acids is 2. The van der Waals surface area contributed by atoms with Crippen LogP contribution in [-0.2, 0) is 22.4 Å². The predicted octanol–water partition coefficient (Wildman–Crippen LogP) is 6.43. The van der Waals surface area contributed by atoms with Gasteiger partial charge >= 0.3 is 47.9 Å². The van der Waals surface area contributed by atoms with Gasteiger partial charge in [0.1, 0.15) is 5.00 Å². The molecule has 1 amide bonds. The topological polar surface area (TPSA) is 55.4 Å². The first-order valence-electron chi connectivity index (χ1n) is 9.93. The van der Waals surface area contributed by atoms with Crippen LogP contribution in [0.5, 0.6) is 0 Å². The number of esters is 1. The quantitative estimate of drug-likeness (QED) is 0.277. The van der Waals surface area contributed by atoms with E-state index in [9.17, 15) is 62.3 Å². The summed E-state index contributed by atoms with van der Waals surface area (Å²) >= 11 is 0.435. The van der Waals surface area contributed by atoms with Crippen molar-refractivity contribution in [2.45, 2.75) is 68.6 Å². The van der Waals surface area contributed by atoms with E-state index in [2.05, 4.69) is 4.74 Å². The molecule has 0 aromatic carbocycles. The number of anilines is 1. The van der Waals surface area contributed by atoms with Crippen molar-refractivity contribution in [2.24, 2.45) is 5.92 Å². The molecule has 0 aliphatic heterocycles. The molecule has 0 fully saturated rings. The second-order valence-corrected chi connectivity index (χ2v) is 9.00. The van der Waals surface area contributed by atoms with Crippen LogP contribution in [0.15, 0.2) is 0 Å². The van der Waals surface area contributed by atoms with Gasteiger partial charge in [0.2, 0.25) is 0 Å². The molecular weight excluding hydrogens is 550 g/mol. The fourth-order valence-corrected chi connectivity index (χ4v) is 4.82. The number of amides is 1. The molecule has 0 saturated carbocycles. The molecule has 17 heteroatoms. The van der Waals surface area contributed by atoms with Crippen molar-refractivity contribution in [1.29, 1.82) is 0 Å². The summed E-state index contributed by atoms with van der Waals surface area (Å²) in [6.07, 6.45) is -4.10. The number of hydrogen-bond donors (Lipinski definition) is 1. The largest absolute Gasteiger partial charge is 0.465 e. The number of fused-ring (bicyclic) bond motifs is 1. The highest BCUT2D eigenvalue weighted by Crippen LogP contribution is 2.58. The molecule has 0 spiro atoms. The number of rotatable bonds is 9. The highest BCUT2D eigenvalue weighted by Gasteiger charge is 2.89. The molecule has 0 saturated heterocycles. The number of hydrogen-bond acceptors (Lipinski definition) is 4. The summed E-state index contributed by atoms with van der Waals surface area (Å²) < 4.78 is 165. The van der Waals surface area contributed by atoms with Crippen LogP contribution in [0.1, 0.15) is 40.6 Å². The van der Waals surface area contributed by atoms with Crippen molar-refractivity contribution in [1.82, 2.24) is 0 Å². The molecule has 1 atom stereocenters. The fraction of sp³-hybridized carbons (Fsp3) is 0.684. The van der Waals surface area contributed by atoms with Gasteiger partial charge in [0.15, 0.2) is 0 Å². The third kappa shape index (κ3) is 4.40. The Kier molecular flexibility index (Phi) is 8.00. The Hall–Kier alpha value is -2.20. The van der Waals surface area contributed by atoms with Crippen molar-refractivity contribution < 1.29 is 67.0 Å². The Labute approximate surface area is 199 Å². The van der Waals surface area contributed by atoms with Crippen LogP contribution in [0, 0.1) is 5.92 Å². The van der Waals surface area contributed by atoms with Crippen molar-refractivity contribution >= 4 is 28.2 Å². The molecule has 0 radical (unpaired) electrons. The molecule has 4 nitrogen and oxygen atoms in total. The van der Waals surface area contributed by atoms with E-state index in [0.717, 1.165) is 12.4 Å². The van der Waals surface area contributed by atoms with Crippen LogP contribution in [0.25, 0.3) is 0 Å². The third-order valence-corrected chi connectivity index (χ3v) is 6.89. The van der Waals surface area contributed by atoms with Crippen LogP contribution in [-0.4, -0.2) is 55.0 Å². The maximum atomic E-state index is 14.2. The number of thiophene rings is 1. The van der Waals surface area contributed by atoms with Crippen LogP contribution in [0.3, 0.4) is 0 Å². The third-order valence-electron chi connectivity index (χ3n) is 5.72. The number of methoxy groups -OCH3 is 1. The minimum absolute atomic E-state index is 0.0494. The van der Waals surface area contributed by atoms with Crippen LogP contribution >= 0.6 is 11.3 Å². The SMILES string of the molecule is CCC1CCc2c(sc(NC(=O)C(F)(F)C(F)(F)C(F)(F)C(F)(F)C(F)(F)C(F)F)c2C(=O)OC)C1. The summed E-state index contributed by atoms with van der Waals surface area (Å²) in [5.41, 5.74) is -0.379. The minimum atomic E-state index is -7.84. The average molecular weight is 567 g/mol. The van der Waals surface area contributed by atoms with Gasteiger partial charge < -0.3 is 10.1 Å². The van der Waals surface area contributed by atoms with Gasteiger partial charge in [-0.15, -0.1) is 11.3 Å². The van der Waals surface area contributed by atoms with Crippen molar-refractivity contribution in [3.05, 3.63) is 16.0 Å². The lowest BCUT2D eigenvalue weighted by Crippen LogP contribution is -2.70. The molecule has 1 aliphatic carbocycles. The first-order chi connectivity index (χ1) is 16.2. The predicted molar refractivity (Wildman–Crippen MR) is 101 cm³/mol. The number of carbonyl (C=O) groups is 2. The maximum absolute atomic E-state index is 14.2. The zero-order valence-electron chi connectivity index (χ0n) is 18.2. The first-order valence-corrected chi connectivity index (χ1v) is 10.7. The van der Waals surface area contributed by atoms with E-state index in [1.165, 1.54) is 0 Å². The van der Waals surface area contributed by atoms with Gasteiger partial charge in [-0.1, -0.05) is 13.3 Å². The second-order valence-electron chi connectivity index (χ2n) is 7.89. The summed E-state index contributed by atoms with van der Waals surface area (Å²) in [5, 5.41) is 0.218. The van der Waals surface area contributed by atoms with Crippen molar-refractivity contribution in [2.75, 3.05) is 12.4 Å². The van der Waals surface area contributed by atoms with Gasteiger partial charge in [-0.25, -0.2) is 13.6 Å². The molecule has 1 aliphatic rings. The van der Waals surface area contributed by atoms with Crippen LogP contribution in [0.2, 0.25) is 0 Å². The smallest absolute Gasteiger partial charge is 0.393 e. The molecule has 36 heavy (non-hydrogen) atoms. The van der Waals surface area contributed by atoms with E-state index in [1.54, 1.807) is 0 Å².